The number of hydrogen-bond donors (Lipinski definition) is 0. The van der Waals surface area contributed by atoms with Crippen LogP contribution >= 0.6 is 0 Å². The zero-order valence-corrected chi connectivity index (χ0v) is 14.5. The van der Waals surface area contributed by atoms with Gasteiger partial charge in [0.1, 0.15) is 11.7 Å². The topological polar surface area (TPSA) is 83.3 Å². The molecule has 0 bridgehead atoms. The number of pyridine rings is 1. The number of aromatic nitrogens is 1. The number of rotatable bonds is 6. The number of carbonyl (C=O) groups is 2. The molecular formula is C20H19N3O3. The lowest BCUT2D eigenvalue weighted by Crippen LogP contribution is -2.27. The molecule has 0 radical (unpaired) electrons. The molecule has 0 N–H and O–H groups in total. The molecule has 2 atom stereocenters. The van der Waals surface area contributed by atoms with E-state index in [4.69, 9.17) is 4.74 Å². The molecule has 6 heteroatoms. The number of Topliss-reactive ketones (excluding diaryl/α,β-unsaturated/α-hetero) is 1. The summed E-state index contributed by atoms with van der Waals surface area (Å²) in [7, 11) is 1.60. The van der Waals surface area contributed by atoms with Crippen molar-refractivity contribution in [2.45, 2.75) is 18.9 Å². The van der Waals surface area contributed by atoms with E-state index in [-0.39, 0.29) is 18.1 Å². The van der Waals surface area contributed by atoms with E-state index in [1.165, 1.54) is 0 Å². The van der Waals surface area contributed by atoms with Crippen molar-refractivity contribution < 1.29 is 14.3 Å². The molecule has 1 aliphatic heterocycles. The van der Waals surface area contributed by atoms with Gasteiger partial charge in [0, 0.05) is 31.6 Å². The summed E-state index contributed by atoms with van der Waals surface area (Å²) in [4.78, 5) is 30.8. The van der Waals surface area contributed by atoms with Gasteiger partial charge in [-0.2, -0.15) is 5.26 Å². The molecule has 0 spiro atoms. The highest BCUT2D eigenvalue weighted by atomic mass is 16.5. The van der Waals surface area contributed by atoms with Gasteiger partial charge in [0.2, 0.25) is 5.91 Å². The molecule has 1 saturated heterocycles. The van der Waals surface area contributed by atoms with Crippen molar-refractivity contribution >= 4 is 11.7 Å². The van der Waals surface area contributed by atoms with Crippen LogP contribution in [0.25, 0.3) is 0 Å². The van der Waals surface area contributed by atoms with E-state index in [0.717, 1.165) is 11.3 Å². The summed E-state index contributed by atoms with van der Waals surface area (Å²) in [5.74, 6) is -0.974. The third-order valence-corrected chi connectivity index (χ3v) is 4.55. The fraction of sp³-hybridized carbons (Fsp3) is 0.300. The van der Waals surface area contributed by atoms with Crippen LogP contribution in [0, 0.1) is 17.2 Å². The molecule has 1 aromatic carbocycles. The molecule has 0 unspecified atom stereocenters. The first-order valence-electron chi connectivity index (χ1n) is 8.37. The number of benzene rings is 1. The Morgan fingerprint density at radius 2 is 2.12 bits per heavy atom. The van der Waals surface area contributed by atoms with Crippen molar-refractivity contribution in [1.82, 2.24) is 9.88 Å². The highest BCUT2D eigenvalue weighted by Gasteiger charge is 2.38. The third kappa shape index (κ3) is 3.72. The van der Waals surface area contributed by atoms with Gasteiger partial charge in [-0.3, -0.25) is 14.6 Å². The molecule has 1 amide bonds. The molecule has 1 aliphatic rings. The number of ether oxygens (including phenoxy) is 1. The predicted octanol–water partition coefficient (Wildman–Crippen LogP) is 2.32. The molecule has 0 aliphatic carbocycles. The number of nitrogens with zero attached hydrogens (tertiary/aromatic N) is 3. The van der Waals surface area contributed by atoms with Crippen LogP contribution in [0.2, 0.25) is 0 Å². The number of nitriles is 1. The van der Waals surface area contributed by atoms with Gasteiger partial charge in [-0.15, -0.1) is 0 Å². The average Bonchev–Trinajstić information content (AvgIpc) is 3.04. The summed E-state index contributed by atoms with van der Waals surface area (Å²) in [5, 5.41) is 9.41. The van der Waals surface area contributed by atoms with Crippen LogP contribution < -0.4 is 4.74 Å². The van der Waals surface area contributed by atoms with Crippen LogP contribution in [0.1, 0.15) is 23.6 Å². The van der Waals surface area contributed by atoms with Crippen LogP contribution in [0.4, 0.5) is 0 Å². The molecule has 2 aromatic rings. The van der Waals surface area contributed by atoms with Gasteiger partial charge in [0.15, 0.2) is 5.78 Å². The Labute approximate surface area is 152 Å². The summed E-state index contributed by atoms with van der Waals surface area (Å²) in [6, 6.07) is 14.6. The van der Waals surface area contributed by atoms with Gasteiger partial charge in [0.05, 0.1) is 18.9 Å². The van der Waals surface area contributed by atoms with Crippen molar-refractivity contribution in [1.29, 1.82) is 5.26 Å². The van der Waals surface area contributed by atoms with E-state index < -0.39 is 11.8 Å². The van der Waals surface area contributed by atoms with Gasteiger partial charge in [-0.25, -0.2) is 0 Å². The van der Waals surface area contributed by atoms with Gasteiger partial charge >= 0.3 is 0 Å². The molecule has 132 valence electrons. The molecule has 6 nitrogen and oxygen atoms in total. The van der Waals surface area contributed by atoms with Crippen molar-refractivity contribution in [2.75, 3.05) is 13.7 Å². The lowest BCUT2D eigenvalue weighted by molar-refractivity contribution is -0.129. The van der Waals surface area contributed by atoms with Gasteiger partial charge in [-0.05, 0) is 29.8 Å². The number of ketones is 1. The Bertz CT molecular complexity index is 828. The highest BCUT2D eigenvalue weighted by Crippen LogP contribution is 2.27. The van der Waals surface area contributed by atoms with E-state index in [0.29, 0.717) is 18.8 Å². The molecule has 1 fully saturated rings. The largest absolute Gasteiger partial charge is 0.497 e. The zero-order chi connectivity index (χ0) is 18.5. The van der Waals surface area contributed by atoms with Crippen molar-refractivity contribution in [3.05, 3.63) is 59.9 Å². The summed E-state index contributed by atoms with van der Waals surface area (Å²) < 4.78 is 5.13. The molecule has 0 saturated carbocycles. The minimum atomic E-state index is -0.935. The second-order valence-corrected chi connectivity index (χ2v) is 6.24. The first-order valence-corrected chi connectivity index (χ1v) is 8.37. The number of methoxy groups -OCH3 is 1. The van der Waals surface area contributed by atoms with Gasteiger partial charge in [0.25, 0.3) is 0 Å². The van der Waals surface area contributed by atoms with Crippen LogP contribution in [0.5, 0.6) is 5.75 Å². The molecule has 26 heavy (non-hydrogen) atoms. The quantitative estimate of drug-likeness (QED) is 0.799. The zero-order valence-electron chi connectivity index (χ0n) is 14.5. The maximum Gasteiger partial charge on any atom is 0.223 e. The standard InChI is InChI=1S/C20H19N3O3/c1-26-16-7-5-14(6-8-16)12-23-13-15(10-19(23)24)20(25)17(11-21)18-4-2-3-9-22-18/h2-9,15,17H,10,12-13H2,1H3/t15-,17-/m1/s1. The SMILES string of the molecule is COc1ccc(CN2C[C@H](C(=O)[C@H](C#N)c3ccccn3)CC2=O)cc1. The number of carbonyl (C=O) groups excluding carboxylic acids is 2. The lowest BCUT2D eigenvalue weighted by Gasteiger charge is -2.17. The van der Waals surface area contributed by atoms with E-state index in [1.807, 2.05) is 30.3 Å². The normalized spacial score (nSPS) is 17.6. The smallest absolute Gasteiger partial charge is 0.223 e. The first kappa shape index (κ1) is 17.6. The summed E-state index contributed by atoms with van der Waals surface area (Å²) in [6.07, 6.45) is 1.70. The molecule has 1 aromatic heterocycles. The highest BCUT2D eigenvalue weighted by molar-refractivity contribution is 5.95. The first-order chi connectivity index (χ1) is 12.6. The minimum Gasteiger partial charge on any atom is -0.497 e. The molecular weight excluding hydrogens is 330 g/mol. The second-order valence-electron chi connectivity index (χ2n) is 6.24. The maximum atomic E-state index is 12.7. The van der Waals surface area contributed by atoms with Crippen LogP contribution in [0.3, 0.4) is 0 Å². The lowest BCUT2D eigenvalue weighted by atomic mass is 9.90. The Hall–Kier alpha value is -3.20. The Morgan fingerprint density at radius 1 is 1.35 bits per heavy atom. The summed E-state index contributed by atoms with van der Waals surface area (Å²) in [5.41, 5.74) is 1.40. The molecule has 2 heterocycles. The number of amides is 1. The Kier molecular flexibility index (Phi) is 5.28. The third-order valence-electron chi connectivity index (χ3n) is 4.55. The van der Waals surface area contributed by atoms with Gasteiger partial charge < -0.3 is 9.64 Å². The number of likely N-dealkylation sites (tertiary alicyclic amines) is 1. The fourth-order valence-electron chi connectivity index (χ4n) is 3.12. The summed E-state index contributed by atoms with van der Waals surface area (Å²) in [6.45, 7) is 0.766. The minimum absolute atomic E-state index is 0.0723. The van der Waals surface area contributed by atoms with Crippen LogP contribution in [-0.4, -0.2) is 35.2 Å². The maximum absolute atomic E-state index is 12.7. The summed E-state index contributed by atoms with van der Waals surface area (Å²) >= 11 is 0. The molecule has 3 rings (SSSR count). The van der Waals surface area contributed by atoms with Crippen molar-refractivity contribution in [3.8, 4) is 11.8 Å². The average molecular weight is 349 g/mol. The second kappa shape index (κ2) is 7.79. The fourth-order valence-corrected chi connectivity index (χ4v) is 3.12. The number of hydrogen-bond acceptors (Lipinski definition) is 5. The van der Waals surface area contributed by atoms with E-state index in [9.17, 15) is 14.9 Å². The van der Waals surface area contributed by atoms with E-state index in [1.54, 1.807) is 36.4 Å². The van der Waals surface area contributed by atoms with Crippen LogP contribution in [0.15, 0.2) is 48.7 Å². The Balaban J connectivity index is 1.68. The van der Waals surface area contributed by atoms with Crippen molar-refractivity contribution in [3.63, 3.8) is 0 Å². The Morgan fingerprint density at radius 3 is 2.73 bits per heavy atom. The predicted molar refractivity (Wildman–Crippen MR) is 94.1 cm³/mol. The van der Waals surface area contributed by atoms with Crippen LogP contribution in [-0.2, 0) is 16.1 Å². The van der Waals surface area contributed by atoms with E-state index >= 15 is 0 Å². The van der Waals surface area contributed by atoms with E-state index in [2.05, 4.69) is 4.98 Å². The monoisotopic (exact) mass is 349 g/mol. The van der Waals surface area contributed by atoms with Gasteiger partial charge in [-0.1, -0.05) is 18.2 Å². The van der Waals surface area contributed by atoms with Crippen molar-refractivity contribution in [2.24, 2.45) is 5.92 Å².